The van der Waals surface area contributed by atoms with Crippen LogP contribution in [-0.4, -0.2) is 44.0 Å². The van der Waals surface area contributed by atoms with Gasteiger partial charge in [-0.25, -0.2) is 9.59 Å². The van der Waals surface area contributed by atoms with E-state index in [1.54, 1.807) is 0 Å². The molecule has 6 nitrogen and oxygen atoms in total. The topological polar surface area (TPSA) is 72.9 Å². The summed E-state index contributed by atoms with van der Waals surface area (Å²) in [5.74, 6) is -3.13. The number of esters is 2. The Morgan fingerprint density at radius 3 is 1.77 bits per heavy atom. The number of likely N-dealkylation sites (N-methyl/N-ethyl adjacent to an activating group) is 1. The number of methoxy groups -OCH3 is 1. The van der Waals surface area contributed by atoms with Crippen LogP contribution in [0.1, 0.15) is 15.9 Å². The Bertz CT molecular complexity index is 1050. The average molecular weight is 491 g/mol. The Morgan fingerprint density at radius 2 is 1.33 bits per heavy atom. The van der Waals surface area contributed by atoms with Gasteiger partial charge in [-0.2, -0.15) is 0 Å². The van der Waals surface area contributed by atoms with Gasteiger partial charge in [-0.1, -0.05) is 46.4 Å². The Balaban J connectivity index is 2.73. The fourth-order valence-electron chi connectivity index (χ4n) is 2.32. The molecular weight excluding hydrogens is 476 g/mol. The number of hydrogen-bond acceptors (Lipinski definition) is 5. The monoisotopic (exact) mass is 489 g/mol. The van der Waals surface area contributed by atoms with Gasteiger partial charge in [-0.05, 0) is 36.4 Å². The Morgan fingerprint density at radius 1 is 0.833 bits per heavy atom. The first-order chi connectivity index (χ1) is 14.1. The van der Waals surface area contributed by atoms with Crippen molar-refractivity contribution in [3.05, 3.63) is 73.2 Å². The third-order valence-electron chi connectivity index (χ3n) is 3.76. The highest BCUT2D eigenvalue weighted by atomic mass is 35.5. The summed E-state index contributed by atoms with van der Waals surface area (Å²) in [5.41, 5.74) is -0.495. The molecule has 30 heavy (non-hydrogen) atoms. The SMILES string of the molecule is COC(=O)C(C(=O)N(C)C)=C(OC(=O)c1ccc(Cl)cc1Cl)c1ccc(Cl)cc1Cl. The molecule has 0 aliphatic heterocycles. The number of amides is 1. The van der Waals surface area contributed by atoms with Crippen molar-refractivity contribution in [1.82, 2.24) is 4.90 Å². The molecule has 0 radical (unpaired) electrons. The second kappa shape index (κ2) is 10.2. The molecule has 0 aliphatic rings. The van der Waals surface area contributed by atoms with E-state index in [4.69, 9.17) is 55.9 Å². The molecule has 0 bridgehead atoms. The third-order valence-corrected chi connectivity index (χ3v) is 4.85. The van der Waals surface area contributed by atoms with Crippen molar-refractivity contribution in [3.63, 3.8) is 0 Å². The van der Waals surface area contributed by atoms with Gasteiger partial charge in [0.2, 0.25) is 0 Å². The van der Waals surface area contributed by atoms with Crippen LogP contribution in [0.2, 0.25) is 20.1 Å². The summed E-state index contributed by atoms with van der Waals surface area (Å²) in [6, 6.07) is 8.37. The summed E-state index contributed by atoms with van der Waals surface area (Å²) in [4.78, 5) is 39.1. The van der Waals surface area contributed by atoms with E-state index in [2.05, 4.69) is 0 Å². The summed E-state index contributed by atoms with van der Waals surface area (Å²) in [7, 11) is 3.93. The van der Waals surface area contributed by atoms with Gasteiger partial charge < -0.3 is 14.4 Å². The van der Waals surface area contributed by atoms with Gasteiger partial charge in [0.15, 0.2) is 11.3 Å². The molecule has 0 atom stereocenters. The number of carbonyl (C=O) groups excluding carboxylic acids is 3. The van der Waals surface area contributed by atoms with E-state index in [0.717, 1.165) is 12.0 Å². The first kappa shape index (κ1) is 24.0. The molecule has 0 saturated carbocycles. The first-order valence-corrected chi connectivity index (χ1v) is 9.74. The van der Waals surface area contributed by atoms with Crippen LogP contribution in [0.5, 0.6) is 0 Å². The van der Waals surface area contributed by atoms with Crippen molar-refractivity contribution >= 4 is 70.0 Å². The molecular formula is C20H15Cl4NO5. The number of hydrogen-bond donors (Lipinski definition) is 0. The highest BCUT2D eigenvalue weighted by molar-refractivity contribution is 6.37. The molecule has 0 aliphatic carbocycles. The summed E-state index contributed by atoms with van der Waals surface area (Å²) < 4.78 is 10.2. The molecule has 0 fully saturated rings. The molecule has 158 valence electrons. The van der Waals surface area contributed by atoms with Gasteiger partial charge >= 0.3 is 11.9 Å². The summed E-state index contributed by atoms with van der Waals surface area (Å²) in [6.45, 7) is 0. The molecule has 1 amide bonds. The fourth-order valence-corrected chi connectivity index (χ4v) is 3.30. The standard InChI is InChI=1S/C20H15Cl4NO5/c1-25(2)18(26)16(20(28)29-3)17(12-6-4-10(21)8-14(12)23)30-19(27)13-7-5-11(22)9-15(13)24/h4-9H,1-3H3. The second-order valence-corrected chi connectivity index (χ2v) is 7.72. The van der Waals surface area contributed by atoms with E-state index in [-0.39, 0.29) is 21.2 Å². The Labute approximate surface area is 192 Å². The van der Waals surface area contributed by atoms with Crippen molar-refractivity contribution in [1.29, 1.82) is 0 Å². The van der Waals surface area contributed by atoms with Gasteiger partial charge in [0.25, 0.3) is 5.91 Å². The fraction of sp³-hybridized carbons (Fsp3) is 0.150. The molecule has 10 heteroatoms. The van der Waals surface area contributed by atoms with E-state index >= 15 is 0 Å². The second-order valence-electron chi connectivity index (χ2n) is 6.03. The van der Waals surface area contributed by atoms with Crippen LogP contribution in [-0.2, 0) is 19.1 Å². The molecule has 2 aromatic rings. The lowest BCUT2D eigenvalue weighted by Crippen LogP contribution is -2.30. The lowest BCUT2D eigenvalue weighted by molar-refractivity contribution is -0.139. The summed E-state index contributed by atoms with van der Waals surface area (Å²) in [5, 5.41) is 0.674. The zero-order chi connectivity index (χ0) is 22.6. The predicted octanol–water partition coefficient (Wildman–Crippen LogP) is 5.13. The van der Waals surface area contributed by atoms with Crippen LogP contribution in [0.15, 0.2) is 42.0 Å². The third kappa shape index (κ3) is 5.46. The van der Waals surface area contributed by atoms with E-state index < -0.39 is 29.2 Å². The molecule has 0 spiro atoms. The minimum Gasteiger partial charge on any atom is -0.465 e. The highest BCUT2D eigenvalue weighted by Crippen LogP contribution is 2.32. The van der Waals surface area contributed by atoms with Crippen LogP contribution in [0, 0.1) is 0 Å². The van der Waals surface area contributed by atoms with Crippen LogP contribution >= 0.6 is 46.4 Å². The molecule has 0 N–H and O–H groups in total. The minimum atomic E-state index is -1.02. The molecule has 0 saturated heterocycles. The minimum absolute atomic E-state index is 0.0209. The maximum Gasteiger partial charge on any atom is 0.347 e. The van der Waals surface area contributed by atoms with Gasteiger partial charge in [-0.3, -0.25) is 4.79 Å². The van der Waals surface area contributed by atoms with Crippen LogP contribution in [0.3, 0.4) is 0 Å². The van der Waals surface area contributed by atoms with Crippen molar-refractivity contribution in [2.24, 2.45) is 0 Å². The molecule has 0 heterocycles. The summed E-state index contributed by atoms with van der Waals surface area (Å²) in [6.07, 6.45) is 0. The number of nitrogens with zero attached hydrogens (tertiary/aromatic N) is 1. The number of benzene rings is 2. The number of ether oxygens (including phenoxy) is 2. The van der Waals surface area contributed by atoms with Crippen molar-refractivity contribution in [2.75, 3.05) is 21.2 Å². The van der Waals surface area contributed by atoms with E-state index in [1.807, 2.05) is 0 Å². The van der Waals surface area contributed by atoms with Crippen molar-refractivity contribution in [3.8, 4) is 0 Å². The molecule has 2 aromatic carbocycles. The van der Waals surface area contributed by atoms with E-state index in [1.165, 1.54) is 50.5 Å². The maximum absolute atomic E-state index is 12.8. The van der Waals surface area contributed by atoms with Gasteiger partial charge in [0.05, 0.1) is 22.7 Å². The number of halogens is 4. The average Bonchev–Trinajstić information content (AvgIpc) is 2.67. The maximum atomic E-state index is 12.8. The zero-order valence-corrected chi connectivity index (χ0v) is 19.0. The number of carbonyl (C=O) groups is 3. The quantitative estimate of drug-likeness (QED) is 0.191. The first-order valence-electron chi connectivity index (χ1n) is 8.23. The predicted molar refractivity (Wildman–Crippen MR) is 116 cm³/mol. The largest absolute Gasteiger partial charge is 0.465 e. The van der Waals surface area contributed by atoms with Crippen molar-refractivity contribution < 1.29 is 23.9 Å². The molecule has 0 unspecified atom stereocenters. The number of rotatable bonds is 5. The zero-order valence-electron chi connectivity index (χ0n) is 16.0. The van der Waals surface area contributed by atoms with Crippen LogP contribution < -0.4 is 0 Å². The Hall–Kier alpha value is -2.25. The lowest BCUT2D eigenvalue weighted by atomic mass is 10.1. The Kier molecular flexibility index (Phi) is 8.15. The lowest BCUT2D eigenvalue weighted by Gasteiger charge is -2.18. The normalized spacial score (nSPS) is 11.4. The van der Waals surface area contributed by atoms with Crippen molar-refractivity contribution in [2.45, 2.75) is 0 Å². The molecule has 2 rings (SSSR count). The summed E-state index contributed by atoms with van der Waals surface area (Å²) >= 11 is 24.1. The highest BCUT2D eigenvalue weighted by Gasteiger charge is 2.31. The molecule has 0 aromatic heterocycles. The van der Waals surface area contributed by atoms with Gasteiger partial charge in [-0.15, -0.1) is 0 Å². The van der Waals surface area contributed by atoms with Crippen LogP contribution in [0.4, 0.5) is 0 Å². The smallest absolute Gasteiger partial charge is 0.347 e. The van der Waals surface area contributed by atoms with Crippen LogP contribution in [0.25, 0.3) is 5.76 Å². The van der Waals surface area contributed by atoms with E-state index in [9.17, 15) is 14.4 Å². The van der Waals surface area contributed by atoms with Gasteiger partial charge in [0.1, 0.15) is 0 Å². The van der Waals surface area contributed by atoms with E-state index in [0.29, 0.717) is 10.0 Å². The van der Waals surface area contributed by atoms with Gasteiger partial charge in [0, 0.05) is 29.7 Å².